The summed E-state index contributed by atoms with van der Waals surface area (Å²) in [5.41, 5.74) is 4.23. The molecule has 0 fully saturated rings. The Bertz CT molecular complexity index is 1480. The molecular formula is C27H26FN7S. The van der Waals surface area contributed by atoms with Crippen molar-refractivity contribution in [3.05, 3.63) is 90.9 Å². The van der Waals surface area contributed by atoms with Crippen molar-refractivity contribution >= 4 is 23.3 Å². The molecule has 0 aliphatic rings. The Labute approximate surface area is 213 Å². The van der Waals surface area contributed by atoms with Crippen LogP contribution >= 0.6 is 11.9 Å². The molecule has 5 aromatic rings. The van der Waals surface area contributed by atoms with E-state index >= 15 is 0 Å². The molecule has 0 spiro atoms. The molecule has 0 unspecified atom stereocenters. The van der Waals surface area contributed by atoms with Crippen LogP contribution in [0.4, 0.5) is 10.2 Å². The second-order valence-corrected chi connectivity index (χ2v) is 10.2. The molecule has 0 atom stereocenters. The molecule has 182 valence electrons. The first-order valence-electron chi connectivity index (χ1n) is 11.5. The number of halogens is 1. The third-order valence-electron chi connectivity index (χ3n) is 5.28. The van der Waals surface area contributed by atoms with Crippen LogP contribution in [0, 0.1) is 5.82 Å². The van der Waals surface area contributed by atoms with Crippen molar-refractivity contribution in [1.82, 2.24) is 29.3 Å². The largest absolute Gasteiger partial charge is 0.363 e. The smallest absolute Gasteiger partial charge is 0.183 e. The molecular weight excluding hydrogens is 473 g/mol. The van der Waals surface area contributed by atoms with Gasteiger partial charge in [0.2, 0.25) is 0 Å². The Hall–Kier alpha value is -3.82. The Morgan fingerprint density at radius 1 is 1.00 bits per heavy atom. The molecule has 0 aliphatic carbocycles. The Kier molecular flexibility index (Phi) is 6.67. The minimum absolute atomic E-state index is 0.0411. The maximum Gasteiger partial charge on any atom is 0.183 e. The molecule has 4 heterocycles. The van der Waals surface area contributed by atoms with Gasteiger partial charge in [-0.2, -0.15) is 0 Å². The van der Waals surface area contributed by atoms with E-state index in [0.717, 1.165) is 32.8 Å². The van der Waals surface area contributed by atoms with Gasteiger partial charge in [-0.25, -0.2) is 13.9 Å². The molecule has 0 amide bonds. The minimum atomic E-state index is -0.277. The number of nitrogens with zero attached hydrogens (tertiary/aromatic N) is 5. The van der Waals surface area contributed by atoms with E-state index in [-0.39, 0.29) is 11.4 Å². The Morgan fingerprint density at radius 2 is 1.83 bits per heavy atom. The monoisotopic (exact) mass is 499 g/mol. The Balaban J connectivity index is 1.56. The van der Waals surface area contributed by atoms with Crippen LogP contribution in [0.15, 0.2) is 84.3 Å². The second-order valence-electron chi connectivity index (χ2n) is 9.35. The van der Waals surface area contributed by atoms with Crippen LogP contribution in [-0.2, 0) is 6.54 Å². The summed E-state index contributed by atoms with van der Waals surface area (Å²) in [6.07, 6.45) is 7.22. The van der Waals surface area contributed by atoms with E-state index in [1.807, 2.05) is 42.7 Å². The highest BCUT2D eigenvalue weighted by Crippen LogP contribution is 2.32. The fourth-order valence-corrected chi connectivity index (χ4v) is 4.34. The lowest BCUT2D eigenvalue weighted by Gasteiger charge is -2.19. The molecule has 9 heteroatoms. The van der Waals surface area contributed by atoms with Crippen LogP contribution in [0.3, 0.4) is 0 Å². The van der Waals surface area contributed by atoms with E-state index in [1.54, 1.807) is 29.0 Å². The number of benzene rings is 1. The molecule has 1 aromatic carbocycles. The summed E-state index contributed by atoms with van der Waals surface area (Å²) in [6.45, 7) is 6.82. The van der Waals surface area contributed by atoms with Crippen LogP contribution < -0.4 is 10.0 Å². The number of nitrogens with one attached hydrogen (secondary N) is 2. The van der Waals surface area contributed by atoms with Crippen molar-refractivity contribution in [2.24, 2.45) is 0 Å². The van der Waals surface area contributed by atoms with Crippen molar-refractivity contribution in [3.63, 3.8) is 0 Å². The predicted molar refractivity (Wildman–Crippen MR) is 142 cm³/mol. The number of rotatable bonds is 7. The molecule has 0 aliphatic heterocycles. The third-order valence-corrected chi connectivity index (χ3v) is 6.45. The predicted octanol–water partition coefficient (Wildman–Crippen LogP) is 6.00. The topological polar surface area (TPSA) is 80.0 Å². The number of pyridine rings is 2. The molecule has 0 saturated heterocycles. The summed E-state index contributed by atoms with van der Waals surface area (Å²) in [4.78, 5) is 14.7. The maximum atomic E-state index is 13.6. The highest BCUT2D eigenvalue weighted by molar-refractivity contribution is 7.97. The summed E-state index contributed by atoms with van der Waals surface area (Å²) in [5.74, 6) is 0.916. The fourth-order valence-electron chi connectivity index (χ4n) is 3.62. The molecule has 7 nitrogen and oxygen atoms in total. The van der Waals surface area contributed by atoms with Crippen molar-refractivity contribution < 1.29 is 4.39 Å². The first-order valence-corrected chi connectivity index (χ1v) is 12.4. The van der Waals surface area contributed by atoms with Crippen molar-refractivity contribution in [3.8, 4) is 22.5 Å². The van der Waals surface area contributed by atoms with Crippen LogP contribution in [-0.4, -0.2) is 30.1 Å². The van der Waals surface area contributed by atoms with Crippen LogP contribution in [0.25, 0.3) is 28.0 Å². The average molecular weight is 500 g/mol. The number of fused-ring (bicyclic) bond motifs is 1. The lowest BCUT2D eigenvalue weighted by atomic mass is 10.1. The molecule has 0 bridgehead atoms. The normalized spacial score (nSPS) is 11.7. The van der Waals surface area contributed by atoms with Gasteiger partial charge in [0.1, 0.15) is 11.3 Å². The highest BCUT2D eigenvalue weighted by Gasteiger charge is 2.17. The van der Waals surface area contributed by atoms with Crippen LogP contribution in [0.5, 0.6) is 0 Å². The maximum absolute atomic E-state index is 13.6. The van der Waals surface area contributed by atoms with Crippen molar-refractivity contribution in [2.75, 3.05) is 5.32 Å². The number of hydrogen-bond acceptors (Lipinski definition) is 7. The molecule has 36 heavy (non-hydrogen) atoms. The van der Waals surface area contributed by atoms with Crippen molar-refractivity contribution in [2.45, 2.75) is 37.8 Å². The minimum Gasteiger partial charge on any atom is -0.363 e. The molecule has 0 saturated carbocycles. The fraction of sp³-hybridized carbons (Fsp3) is 0.185. The van der Waals surface area contributed by atoms with Gasteiger partial charge in [-0.15, -0.1) is 5.10 Å². The third kappa shape index (κ3) is 5.53. The summed E-state index contributed by atoms with van der Waals surface area (Å²) < 4.78 is 18.8. The van der Waals surface area contributed by atoms with E-state index in [4.69, 9.17) is 10.1 Å². The lowest BCUT2D eigenvalue weighted by Crippen LogP contribution is -2.29. The van der Waals surface area contributed by atoms with Crippen molar-refractivity contribution in [1.29, 1.82) is 0 Å². The second kappa shape index (κ2) is 10.0. The molecule has 0 radical (unpaired) electrons. The zero-order valence-corrected chi connectivity index (χ0v) is 21.1. The van der Waals surface area contributed by atoms with Gasteiger partial charge < -0.3 is 5.32 Å². The highest BCUT2D eigenvalue weighted by atomic mass is 32.2. The van der Waals surface area contributed by atoms with E-state index in [1.165, 1.54) is 24.1 Å². The summed E-state index contributed by atoms with van der Waals surface area (Å²) in [5, 5.41) is 8.22. The van der Waals surface area contributed by atoms with Gasteiger partial charge in [-0.3, -0.25) is 14.7 Å². The van der Waals surface area contributed by atoms with Crippen LogP contribution in [0.2, 0.25) is 0 Å². The first kappa shape index (κ1) is 23.9. The molecule has 4 aromatic heterocycles. The summed E-state index contributed by atoms with van der Waals surface area (Å²) in [6, 6.07) is 16.2. The number of aromatic nitrogens is 5. The first-order chi connectivity index (χ1) is 17.4. The van der Waals surface area contributed by atoms with Crippen LogP contribution in [0.1, 0.15) is 26.5 Å². The van der Waals surface area contributed by atoms with Gasteiger partial charge in [0, 0.05) is 46.3 Å². The number of anilines is 1. The summed E-state index contributed by atoms with van der Waals surface area (Å²) >= 11 is 1.52. The lowest BCUT2D eigenvalue weighted by molar-refractivity contribution is 0.535. The Morgan fingerprint density at radius 3 is 2.58 bits per heavy atom. The quantitative estimate of drug-likeness (QED) is 0.266. The van der Waals surface area contributed by atoms with Gasteiger partial charge in [0.05, 0.1) is 12.2 Å². The van der Waals surface area contributed by atoms with E-state index in [2.05, 4.69) is 40.8 Å². The van der Waals surface area contributed by atoms with E-state index < -0.39 is 0 Å². The van der Waals surface area contributed by atoms with Gasteiger partial charge in [-0.05, 0) is 74.7 Å². The summed E-state index contributed by atoms with van der Waals surface area (Å²) in [7, 11) is 0. The molecule has 2 N–H and O–H groups in total. The van der Waals surface area contributed by atoms with Gasteiger partial charge >= 0.3 is 0 Å². The number of hydrogen-bond donors (Lipinski definition) is 2. The molecule has 5 rings (SSSR count). The van der Waals surface area contributed by atoms with E-state index in [9.17, 15) is 4.39 Å². The zero-order chi connectivity index (χ0) is 25.1. The standard InChI is InChI=1S/C27H26FN7S/c1-27(2,3)34-36-22-14-19(15-29-17-22)25-32-26(31-16-21-6-4-5-12-30-21)24-23(11-13-35(24)33-25)18-7-9-20(28)10-8-18/h4-15,17,34H,16H2,1-3H3,(H,31,32,33). The average Bonchev–Trinajstić information content (AvgIpc) is 3.31. The zero-order valence-electron chi connectivity index (χ0n) is 20.2. The van der Waals surface area contributed by atoms with Gasteiger partial charge in [-0.1, -0.05) is 18.2 Å². The van der Waals surface area contributed by atoms with Gasteiger partial charge in [0.25, 0.3) is 0 Å². The van der Waals surface area contributed by atoms with Gasteiger partial charge in [0.15, 0.2) is 11.6 Å². The van der Waals surface area contributed by atoms with E-state index in [0.29, 0.717) is 18.2 Å². The SMILES string of the molecule is CC(C)(C)NSc1cncc(-c2nc(NCc3ccccn3)c3c(-c4ccc(F)cc4)ccn3n2)c1.